The zero-order valence-electron chi connectivity index (χ0n) is 14.2. The van der Waals surface area contributed by atoms with E-state index in [1.54, 1.807) is 25.5 Å². The summed E-state index contributed by atoms with van der Waals surface area (Å²) in [6.45, 7) is 6.65. The molecule has 0 radical (unpaired) electrons. The molecule has 0 bridgehead atoms. The van der Waals surface area contributed by atoms with E-state index in [1.807, 2.05) is 6.20 Å². The fraction of sp³-hybridized carbons (Fsp3) is 0.733. The van der Waals surface area contributed by atoms with Crippen LogP contribution < -0.4 is 10.6 Å². The molecule has 0 aromatic carbocycles. The molecule has 1 heterocycles. The van der Waals surface area contributed by atoms with Gasteiger partial charge in [-0.2, -0.15) is 0 Å². The molecule has 1 rings (SSSR count). The monoisotopic (exact) mass is 327 g/mol. The summed E-state index contributed by atoms with van der Waals surface area (Å²) in [7, 11) is 5.66. The molecular weight excluding hydrogens is 298 g/mol. The zero-order chi connectivity index (χ0) is 16.2. The van der Waals surface area contributed by atoms with Crippen LogP contribution >= 0.6 is 11.3 Å². The Morgan fingerprint density at radius 1 is 1.36 bits per heavy atom. The Hall–Kier alpha value is -1.18. The molecular formula is C15H29N5OS. The fourth-order valence-electron chi connectivity index (χ4n) is 1.98. The topological polar surface area (TPSA) is 61.8 Å². The first-order valence-electron chi connectivity index (χ1n) is 7.69. The fourth-order valence-corrected chi connectivity index (χ4v) is 2.77. The van der Waals surface area contributed by atoms with E-state index in [-0.39, 0.29) is 0 Å². The van der Waals surface area contributed by atoms with E-state index in [1.165, 1.54) is 9.88 Å². The summed E-state index contributed by atoms with van der Waals surface area (Å²) in [5.74, 6) is 0.846. The highest BCUT2D eigenvalue weighted by molar-refractivity contribution is 7.11. The van der Waals surface area contributed by atoms with Crippen LogP contribution in [0.4, 0.5) is 0 Å². The van der Waals surface area contributed by atoms with E-state index in [0.29, 0.717) is 0 Å². The number of guanidine groups is 1. The van der Waals surface area contributed by atoms with Crippen molar-refractivity contribution in [3.8, 4) is 0 Å². The van der Waals surface area contributed by atoms with Crippen LogP contribution in [0.5, 0.6) is 0 Å². The smallest absolute Gasteiger partial charge is 0.191 e. The molecule has 7 heteroatoms. The summed E-state index contributed by atoms with van der Waals surface area (Å²) in [6.07, 6.45) is 3.91. The molecule has 0 aliphatic heterocycles. The summed E-state index contributed by atoms with van der Waals surface area (Å²) in [4.78, 5) is 12.1. The van der Waals surface area contributed by atoms with Gasteiger partial charge in [-0.15, -0.1) is 11.3 Å². The second kappa shape index (κ2) is 11.4. The Kier molecular flexibility index (Phi) is 9.77. The lowest BCUT2D eigenvalue weighted by atomic mass is 10.4. The van der Waals surface area contributed by atoms with Gasteiger partial charge in [-0.25, -0.2) is 4.98 Å². The van der Waals surface area contributed by atoms with Gasteiger partial charge in [0.05, 0.1) is 5.01 Å². The standard InChI is InChI=1S/C15H29N5OS/c1-13-12-19-14(22-13)6-7-17-15(16-2)18-8-10-20(3)9-5-11-21-4/h12H,5-11H2,1-4H3,(H2,16,17,18). The van der Waals surface area contributed by atoms with E-state index in [9.17, 15) is 0 Å². The van der Waals surface area contributed by atoms with Gasteiger partial charge in [-0.3, -0.25) is 4.99 Å². The Bertz CT molecular complexity index is 435. The third kappa shape index (κ3) is 8.31. The maximum absolute atomic E-state index is 5.06. The zero-order valence-corrected chi connectivity index (χ0v) is 15.0. The lowest BCUT2D eigenvalue weighted by molar-refractivity contribution is 0.180. The van der Waals surface area contributed by atoms with Crippen LogP contribution in [0.25, 0.3) is 0 Å². The van der Waals surface area contributed by atoms with E-state index in [0.717, 1.165) is 51.6 Å². The summed E-state index contributed by atoms with van der Waals surface area (Å²) in [6, 6.07) is 0. The number of rotatable bonds is 10. The molecule has 0 fully saturated rings. The van der Waals surface area contributed by atoms with Crippen molar-refractivity contribution < 1.29 is 4.74 Å². The number of aliphatic imine (C=N–C) groups is 1. The molecule has 0 unspecified atom stereocenters. The second-order valence-electron chi connectivity index (χ2n) is 5.19. The highest BCUT2D eigenvalue weighted by Gasteiger charge is 2.02. The largest absolute Gasteiger partial charge is 0.385 e. The van der Waals surface area contributed by atoms with Crippen LogP contribution in [-0.2, 0) is 11.2 Å². The number of nitrogens with one attached hydrogen (secondary N) is 2. The second-order valence-corrected chi connectivity index (χ2v) is 6.51. The molecule has 22 heavy (non-hydrogen) atoms. The van der Waals surface area contributed by atoms with Crippen molar-refractivity contribution in [3.05, 3.63) is 16.1 Å². The number of likely N-dealkylation sites (N-methyl/N-ethyl adjacent to an activating group) is 1. The van der Waals surface area contributed by atoms with Crippen LogP contribution in [0.2, 0.25) is 0 Å². The van der Waals surface area contributed by atoms with Crippen LogP contribution in [0.15, 0.2) is 11.2 Å². The van der Waals surface area contributed by atoms with Crippen molar-refractivity contribution in [1.29, 1.82) is 0 Å². The molecule has 2 N–H and O–H groups in total. The van der Waals surface area contributed by atoms with Crippen molar-refractivity contribution in [2.75, 3.05) is 54.0 Å². The van der Waals surface area contributed by atoms with Gasteiger partial charge >= 0.3 is 0 Å². The summed E-state index contributed by atoms with van der Waals surface area (Å²) in [5, 5.41) is 7.82. The molecule has 0 amide bonds. The third-order valence-corrected chi connectivity index (χ3v) is 4.17. The maximum Gasteiger partial charge on any atom is 0.191 e. The van der Waals surface area contributed by atoms with Crippen LogP contribution in [0.3, 0.4) is 0 Å². The summed E-state index contributed by atoms with van der Waals surface area (Å²) in [5.41, 5.74) is 0. The minimum absolute atomic E-state index is 0.817. The molecule has 0 saturated carbocycles. The molecule has 6 nitrogen and oxygen atoms in total. The highest BCUT2D eigenvalue weighted by Crippen LogP contribution is 2.10. The first-order chi connectivity index (χ1) is 10.7. The van der Waals surface area contributed by atoms with E-state index in [2.05, 4.69) is 39.5 Å². The Morgan fingerprint density at radius 2 is 2.14 bits per heavy atom. The van der Waals surface area contributed by atoms with Crippen LogP contribution in [-0.4, -0.2) is 69.8 Å². The minimum atomic E-state index is 0.817. The number of methoxy groups -OCH3 is 1. The molecule has 0 spiro atoms. The molecule has 0 saturated heterocycles. The number of nitrogens with zero attached hydrogens (tertiary/aromatic N) is 3. The molecule has 126 valence electrons. The van der Waals surface area contributed by atoms with Gasteiger partial charge in [0, 0.05) is 64.4 Å². The van der Waals surface area contributed by atoms with Gasteiger partial charge in [0.1, 0.15) is 0 Å². The number of aryl methyl sites for hydroxylation is 1. The highest BCUT2D eigenvalue weighted by atomic mass is 32.1. The molecule has 1 aromatic rings. The number of thiazole rings is 1. The predicted molar refractivity (Wildman–Crippen MR) is 93.9 cm³/mol. The first-order valence-corrected chi connectivity index (χ1v) is 8.50. The number of hydrogen-bond acceptors (Lipinski definition) is 5. The van der Waals surface area contributed by atoms with Gasteiger partial charge in [0.2, 0.25) is 0 Å². The Labute approximate surface area is 138 Å². The van der Waals surface area contributed by atoms with Crippen molar-refractivity contribution in [1.82, 2.24) is 20.5 Å². The van der Waals surface area contributed by atoms with Gasteiger partial charge in [0.15, 0.2) is 5.96 Å². The lowest BCUT2D eigenvalue weighted by Crippen LogP contribution is -2.41. The molecule has 0 aliphatic rings. The van der Waals surface area contributed by atoms with Crippen LogP contribution in [0.1, 0.15) is 16.3 Å². The van der Waals surface area contributed by atoms with E-state index < -0.39 is 0 Å². The number of aromatic nitrogens is 1. The lowest BCUT2D eigenvalue weighted by Gasteiger charge is -2.18. The van der Waals surface area contributed by atoms with E-state index >= 15 is 0 Å². The van der Waals surface area contributed by atoms with Crippen LogP contribution in [0, 0.1) is 6.92 Å². The van der Waals surface area contributed by atoms with Gasteiger partial charge in [-0.05, 0) is 20.4 Å². The number of hydrogen-bond donors (Lipinski definition) is 2. The third-order valence-electron chi connectivity index (χ3n) is 3.20. The van der Waals surface area contributed by atoms with Crippen molar-refractivity contribution in [3.63, 3.8) is 0 Å². The average molecular weight is 327 g/mol. The predicted octanol–water partition coefficient (Wildman–Crippen LogP) is 1.13. The Balaban J connectivity index is 2.11. The van der Waals surface area contributed by atoms with Gasteiger partial charge < -0.3 is 20.3 Å². The van der Waals surface area contributed by atoms with Gasteiger partial charge in [-0.1, -0.05) is 0 Å². The van der Waals surface area contributed by atoms with E-state index in [4.69, 9.17) is 4.74 Å². The SMILES string of the molecule is CN=C(NCCc1ncc(C)s1)NCCN(C)CCCOC. The first kappa shape index (κ1) is 18.9. The molecule has 0 aliphatic carbocycles. The average Bonchev–Trinajstić information content (AvgIpc) is 2.91. The maximum atomic E-state index is 5.06. The number of ether oxygens (including phenoxy) is 1. The quantitative estimate of drug-likeness (QED) is 0.383. The van der Waals surface area contributed by atoms with Gasteiger partial charge in [0.25, 0.3) is 0 Å². The summed E-state index contributed by atoms with van der Waals surface area (Å²) >= 11 is 1.75. The molecule has 1 aromatic heterocycles. The Morgan fingerprint density at radius 3 is 2.77 bits per heavy atom. The normalized spacial score (nSPS) is 12.0. The van der Waals surface area contributed by atoms with Crippen molar-refractivity contribution in [2.24, 2.45) is 4.99 Å². The summed E-state index contributed by atoms with van der Waals surface area (Å²) < 4.78 is 5.06. The van der Waals surface area contributed by atoms with Crippen molar-refractivity contribution in [2.45, 2.75) is 19.8 Å². The van der Waals surface area contributed by atoms with Crippen molar-refractivity contribution >= 4 is 17.3 Å². The molecule has 0 atom stereocenters. The minimum Gasteiger partial charge on any atom is -0.385 e.